The Bertz CT molecular complexity index is 1080. The van der Waals surface area contributed by atoms with E-state index in [-0.39, 0.29) is 17.3 Å². The summed E-state index contributed by atoms with van der Waals surface area (Å²) in [5.74, 6) is -1.30. The van der Waals surface area contributed by atoms with Crippen molar-refractivity contribution in [3.05, 3.63) is 88.7 Å². The van der Waals surface area contributed by atoms with Gasteiger partial charge in [-0.25, -0.2) is 13.2 Å². The molecule has 0 spiro atoms. The van der Waals surface area contributed by atoms with Crippen LogP contribution in [0.1, 0.15) is 54.7 Å². The predicted molar refractivity (Wildman–Crippen MR) is 120 cm³/mol. The second-order valence-electron chi connectivity index (χ2n) is 8.01. The van der Waals surface area contributed by atoms with E-state index in [0.717, 1.165) is 31.2 Å². The van der Waals surface area contributed by atoms with E-state index >= 15 is 0 Å². The SMILES string of the molecule is COc1ccc(/C=C/c2ccc(-c3ccc(C4CCCCC4)c(F)c3F)cc2)c(F)c1. The highest BCUT2D eigenvalue weighted by Crippen LogP contribution is 2.37. The first kappa shape index (κ1) is 21.2. The van der Waals surface area contributed by atoms with Gasteiger partial charge in [-0.2, -0.15) is 0 Å². The fourth-order valence-electron chi connectivity index (χ4n) is 4.25. The maximum absolute atomic E-state index is 14.8. The summed E-state index contributed by atoms with van der Waals surface area (Å²) < 4.78 is 48.7. The number of hydrogen-bond acceptors (Lipinski definition) is 1. The van der Waals surface area contributed by atoms with E-state index in [1.807, 2.05) is 0 Å². The average molecular weight is 422 g/mol. The molecule has 31 heavy (non-hydrogen) atoms. The van der Waals surface area contributed by atoms with Crippen LogP contribution in [-0.4, -0.2) is 7.11 Å². The summed E-state index contributed by atoms with van der Waals surface area (Å²) >= 11 is 0. The maximum Gasteiger partial charge on any atom is 0.166 e. The third kappa shape index (κ3) is 4.68. The Morgan fingerprint density at radius 1 is 0.806 bits per heavy atom. The van der Waals surface area contributed by atoms with E-state index in [0.29, 0.717) is 22.4 Å². The summed E-state index contributed by atoms with van der Waals surface area (Å²) in [6, 6.07) is 15.2. The summed E-state index contributed by atoms with van der Waals surface area (Å²) in [4.78, 5) is 0. The number of methoxy groups -OCH3 is 1. The van der Waals surface area contributed by atoms with Crippen LogP contribution in [0.5, 0.6) is 5.75 Å². The molecule has 1 aliphatic carbocycles. The Hall–Kier alpha value is -3.01. The van der Waals surface area contributed by atoms with Gasteiger partial charge in [0.05, 0.1) is 7.11 Å². The van der Waals surface area contributed by atoms with E-state index < -0.39 is 11.6 Å². The first-order valence-electron chi connectivity index (χ1n) is 10.7. The summed E-state index contributed by atoms with van der Waals surface area (Å²) in [6.07, 6.45) is 8.61. The van der Waals surface area contributed by atoms with Crippen LogP contribution in [0, 0.1) is 17.5 Å². The van der Waals surface area contributed by atoms with Gasteiger partial charge in [0, 0.05) is 17.2 Å². The van der Waals surface area contributed by atoms with Crippen LogP contribution in [0.15, 0.2) is 54.6 Å². The van der Waals surface area contributed by atoms with Crippen LogP contribution in [-0.2, 0) is 0 Å². The van der Waals surface area contributed by atoms with Crippen LogP contribution < -0.4 is 4.74 Å². The van der Waals surface area contributed by atoms with E-state index in [1.54, 1.807) is 60.7 Å². The third-order valence-corrected chi connectivity index (χ3v) is 6.04. The zero-order valence-electron chi connectivity index (χ0n) is 17.5. The predicted octanol–water partition coefficient (Wildman–Crippen LogP) is 8.00. The minimum atomic E-state index is -0.785. The van der Waals surface area contributed by atoms with E-state index in [2.05, 4.69) is 0 Å². The third-order valence-electron chi connectivity index (χ3n) is 6.04. The van der Waals surface area contributed by atoms with Crippen molar-refractivity contribution in [3.8, 4) is 16.9 Å². The molecule has 0 aliphatic heterocycles. The molecule has 0 saturated heterocycles. The number of ether oxygens (including phenoxy) is 1. The fraction of sp³-hybridized carbons (Fsp3) is 0.259. The van der Waals surface area contributed by atoms with Crippen LogP contribution >= 0.6 is 0 Å². The molecule has 3 aromatic rings. The van der Waals surface area contributed by atoms with E-state index in [4.69, 9.17) is 4.74 Å². The Morgan fingerprint density at radius 3 is 2.23 bits per heavy atom. The zero-order chi connectivity index (χ0) is 21.8. The molecule has 4 rings (SSSR count). The molecule has 0 N–H and O–H groups in total. The highest BCUT2D eigenvalue weighted by molar-refractivity contribution is 5.72. The van der Waals surface area contributed by atoms with Crippen molar-refractivity contribution in [2.24, 2.45) is 0 Å². The van der Waals surface area contributed by atoms with Crippen molar-refractivity contribution in [2.45, 2.75) is 38.0 Å². The molecule has 1 fully saturated rings. The molecular weight excluding hydrogens is 397 g/mol. The molecule has 0 amide bonds. The minimum absolute atomic E-state index is 0.114. The number of benzene rings is 3. The first-order valence-corrected chi connectivity index (χ1v) is 10.7. The molecule has 0 radical (unpaired) electrons. The van der Waals surface area contributed by atoms with Crippen LogP contribution in [0.25, 0.3) is 23.3 Å². The first-order chi connectivity index (χ1) is 15.1. The Balaban J connectivity index is 1.53. The topological polar surface area (TPSA) is 9.23 Å². The molecule has 0 aromatic heterocycles. The Morgan fingerprint density at radius 2 is 1.55 bits per heavy atom. The van der Waals surface area contributed by atoms with Gasteiger partial charge in [-0.15, -0.1) is 0 Å². The quantitative estimate of drug-likeness (QED) is 0.379. The maximum atomic E-state index is 14.8. The normalized spacial score (nSPS) is 14.8. The standard InChI is InChI=1S/C27H25F3O/c1-31-22-14-13-21(25(28)17-22)12-9-18-7-10-20(11-8-18)24-16-15-23(26(29)27(24)30)19-5-3-2-4-6-19/h7-17,19H,2-6H2,1H3/b12-9+. The summed E-state index contributed by atoms with van der Waals surface area (Å²) in [7, 11) is 1.49. The molecule has 0 bridgehead atoms. The summed E-state index contributed by atoms with van der Waals surface area (Å²) in [5.41, 5.74) is 2.64. The monoisotopic (exact) mass is 422 g/mol. The zero-order valence-corrected chi connectivity index (χ0v) is 17.5. The molecule has 1 aliphatic rings. The molecule has 3 aromatic carbocycles. The molecule has 1 saturated carbocycles. The van der Waals surface area contributed by atoms with Crippen molar-refractivity contribution in [3.63, 3.8) is 0 Å². The summed E-state index contributed by atoms with van der Waals surface area (Å²) in [6.45, 7) is 0. The smallest absolute Gasteiger partial charge is 0.166 e. The highest BCUT2D eigenvalue weighted by Gasteiger charge is 2.22. The van der Waals surface area contributed by atoms with E-state index in [9.17, 15) is 13.2 Å². The lowest BCUT2D eigenvalue weighted by Crippen LogP contribution is -2.08. The molecule has 0 atom stereocenters. The van der Waals surface area contributed by atoms with Crippen LogP contribution in [0.3, 0.4) is 0 Å². The second-order valence-corrected chi connectivity index (χ2v) is 8.01. The van der Waals surface area contributed by atoms with Crippen molar-refractivity contribution < 1.29 is 17.9 Å². The van der Waals surface area contributed by atoms with Gasteiger partial charge in [-0.1, -0.05) is 67.8 Å². The van der Waals surface area contributed by atoms with Gasteiger partial charge in [-0.05, 0) is 47.6 Å². The number of halogens is 3. The van der Waals surface area contributed by atoms with Gasteiger partial charge in [0.2, 0.25) is 0 Å². The second kappa shape index (κ2) is 9.42. The van der Waals surface area contributed by atoms with Crippen molar-refractivity contribution >= 4 is 12.2 Å². The average Bonchev–Trinajstić information content (AvgIpc) is 2.81. The van der Waals surface area contributed by atoms with Crippen molar-refractivity contribution in [1.29, 1.82) is 0 Å². The lowest BCUT2D eigenvalue weighted by atomic mass is 9.83. The molecule has 0 unspecified atom stereocenters. The summed E-state index contributed by atoms with van der Waals surface area (Å²) in [5, 5.41) is 0. The van der Waals surface area contributed by atoms with Crippen LogP contribution in [0.4, 0.5) is 13.2 Å². The van der Waals surface area contributed by atoms with Crippen LogP contribution in [0.2, 0.25) is 0 Å². The molecule has 0 heterocycles. The molecular formula is C27H25F3O. The van der Waals surface area contributed by atoms with E-state index in [1.165, 1.54) is 19.6 Å². The van der Waals surface area contributed by atoms with Gasteiger partial charge in [-0.3, -0.25) is 0 Å². The van der Waals surface area contributed by atoms with Gasteiger partial charge in [0.1, 0.15) is 11.6 Å². The molecule has 4 heteroatoms. The van der Waals surface area contributed by atoms with Crippen molar-refractivity contribution in [2.75, 3.05) is 7.11 Å². The van der Waals surface area contributed by atoms with Gasteiger partial charge < -0.3 is 4.74 Å². The van der Waals surface area contributed by atoms with Gasteiger partial charge >= 0.3 is 0 Å². The fourth-order valence-corrected chi connectivity index (χ4v) is 4.25. The van der Waals surface area contributed by atoms with Gasteiger partial charge in [0.25, 0.3) is 0 Å². The minimum Gasteiger partial charge on any atom is -0.497 e. The number of hydrogen-bond donors (Lipinski definition) is 0. The largest absolute Gasteiger partial charge is 0.497 e. The Kier molecular flexibility index (Phi) is 6.45. The lowest BCUT2D eigenvalue weighted by molar-refractivity contribution is 0.411. The number of rotatable bonds is 5. The van der Waals surface area contributed by atoms with Crippen molar-refractivity contribution in [1.82, 2.24) is 0 Å². The molecule has 160 valence electrons. The van der Waals surface area contributed by atoms with Gasteiger partial charge in [0.15, 0.2) is 11.6 Å². The highest BCUT2D eigenvalue weighted by atomic mass is 19.2. The lowest BCUT2D eigenvalue weighted by Gasteiger charge is -2.23. The molecule has 1 nitrogen and oxygen atoms in total. The Labute approximate surface area is 181 Å².